The Morgan fingerprint density at radius 1 is 0.919 bits per heavy atom. The summed E-state index contributed by atoms with van der Waals surface area (Å²) in [5, 5.41) is 12.0. The molecular weight excluding hydrogens is 517 g/mol. The van der Waals surface area contributed by atoms with E-state index in [4.69, 9.17) is 4.74 Å². The van der Waals surface area contributed by atoms with Gasteiger partial charge in [0.05, 0.1) is 11.5 Å². The lowest BCUT2D eigenvalue weighted by molar-refractivity contribution is -0.202. The average Bonchev–Trinajstić information content (AvgIpc) is 2.82. The molecule has 0 heterocycles. The molecule has 0 amide bonds. The molecule has 0 spiro atoms. The fourth-order valence-corrected chi connectivity index (χ4v) is 4.54. The Morgan fingerprint density at radius 3 is 2.27 bits per heavy atom. The number of alkyl halides is 9. The highest BCUT2D eigenvalue weighted by molar-refractivity contribution is 5.32. The minimum atomic E-state index is -4.91. The summed E-state index contributed by atoms with van der Waals surface area (Å²) in [7, 11) is 0. The third-order valence-electron chi connectivity index (χ3n) is 6.44. The van der Waals surface area contributed by atoms with Crippen molar-refractivity contribution in [1.29, 1.82) is 0 Å². The summed E-state index contributed by atoms with van der Waals surface area (Å²) in [6, 6.07) is 9.48. The predicted octanol–water partition coefficient (Wildman–Crippen LogP) is 7.21. The molecule has 1 saturated carbocycles. The highest BCUT2D eigenvalue weighted by Crippen LogP contribution is 2.44. The van der Waals surface area contributed by atoms with Crippen molar-refractivity contribution in [2.24, 2.45) is 11.8 Å². The van der Waals surface area contributed by atoms with E-state index >= 15 is 0 Å². The largest absolute Gasteiger partial charge is 0.489 e. The number of ether oxygens (including phenoxy) is 1. The Morgan fingerprint density at radius 2 is 1.62 bits per heavy atom. The molecule has 37 heavy (non-hydrogen) atoms. The Labute approximate surface area is 207 Å². The van der Waals surface area contributed by atoms with E-state index in [0.717, 1.165) is 12.1 Å². The zero-order valence-corrected chi connectivity index (χ0v) is 19.4. The summed E-state index contributed by atoms with van der Waals surface area (Å²) < 4.78 is 123. The summed E-state index contributed by atoms with van der Waals surface area (Å²) in [4.78, 5) is 0. The van der Waals surface area contributed by atoms with Crippen LogP contribution in [-0.4, -0.2) is 30.1 Å². The molecule has 0 radical (unpaired) electrons. The molecule has 3 nitrogen and oxygen atoms in total. The van der Waals surface area contributed by atoms with Gasteiger partial charge in [-0.1, -0.05) is 30.7 Å². The van der Waals surface area contributed by atoms with Crippen molar-refractivity contribution in [3.8, 4) is 5.75 Å². The highest BCUT2D eigenvalue weighted by atomic mass is 19.4. The first-order chi connectivity index (χ1) is 17.1. The van der Waals surface area contributed by atoms with Gasteiger partial charge in [-0.3, -0.25) is 0 Å². The second-order valence-corrected chi connectivity index (χ2v) is 9.17. The molecule has 4 atom stereocenters. The summed E-state index contributed by atoms with van der Waals surface area (Å²) in [6.45, 7) is -1.16. The van der Waals surface area contributed by atoms with Crippen LogP contribution in [0.25, 0.3) is 0 Å². The Bertz CT molecular complexity index is 1020. The van der Waals surface area contributed by atoms with Crippen LogP contribution in [-0.2, 0) is 12.8 Å². The number of halogens is 9. The zero-order valence-electron chi connectivity index (χ0n) is 19.4. The molecule has 3 rings (SSSR count). The van der Waals surface area contributed by atoms with Crippen molar-refractivity contribution in [3.05, 3.63) is 65.2 Å². The molecule has 0 saturated heterocycles. The fraction of sp³-hybridized carbons (Fsp3) is 0.520. The van der Waals surface area contributed by atoms with Crippen molar-refractivity contribution in [3.63, 3.8) is 0 Å². The van der Waals surface area contributed by atoms with Crippen LogP contribution in [0.1, 0.15) is 48.4 Å². The third-order valence-corrected chi connectivity index (χ3v) is 6.44. The van der Waals surface area contributed by atoms with E-state index in [9.17, 15) is 44.6 Å². The van der Waals surface area contributed by atoms with E-state index in [1.54, 1.807) is 0 Å². The highest BCUT2D eigenvalue weighted by Gasteiger charge is 2.44. The van der Waals surface area contributed by atoms with Crippen molar-refractivity contribution < 1.29 is 49.4 Å². The van der Waals surface area contributed by atoms with Gasteiger partial charge in [0.2, 0.25) is 0 Å². The van der Waals surface area contributed by atoms with Crippen molar-refractivity contribution >= 4 is 0 Å². The minimum absolute atomic E-state index is 0.0714. The Balaban J connectivity index is 1.80. The molecule has 1 fully saturated rings. The minimum Gasteiger partial charge on any atom is -0.489 e. The van der Waals surface area contributed by atoms with E-state index in [-0.39, 0.29) is 37.2 Å². The first-order valence-corrected chi connectivity index (χ1v) is 11.6. The maximum Gasteiger partial charge on any atom is 0.416 e. The first kappa shape index (κ1) is 29.1. The van der Waals surface area contributed by atoms with Gasteiger partial charge in [0.25, 0.3) is 0 Å². The summed E-state index contributed by atoms with van der Waals surface area (Å²) in [5.74, 6) is -2.08. The molecular formula is C25H26F9NO2. The SMILES string of the molecule is OC(CNC(c1cccc(OCc2cccc(C(F)(F)F)c2)c1)C1CCCC(C(F)(F)F)C1)C(F)(F)F. The number of rotatable bonds is 8. The molecule has 4 unspecified atom stereocenters. The van der Waals surface area contributed by atoms with Gasteiger partial charge in [-0.05, 0) is 60.6 Å². The third kappa shape index (κ3) is 8.26. The van der Waals surface area contributed by atoms with Gasteiger partial charge in [-0.2, -0.15) is 39.5 Å². The molecule has 0 bridgehead atoms. The van der Waals surface area contributed by atoms with Crippen LogP contribution in [0, 0.1) is 11.8 Å². The molecule has 0 aromatic heterocycles. The van der Waals surface area contributed by atoms with Gasteiger partial charge >= 0.3 is 18.5 Å². The van der Waals surface area contributed by atoms with Gasteiger partial charge < -0.3 is 15.2 Å². The van der Waals surface area contributed by atoms with E-state index < -0.39 is 54.6 Å². The Hall–Kier alpha value is -2.47. The number of aliphatic hydroxyl groups excluding tert-OH is 1. The molecule has 12 heteroatoms. The van der Waals surface area contributed by atoms with Crippen LogP contribution in [0.4, 0.5) is 39.5 Å². The number of benzene rings is 2. The van der Waals surface area contributed by atoms with Gasteiger partial charge in [-0.25, -0.2) is 0 Å². The van der Waals surface area contributed by atoms with Crippen LogP contribution in [0.2, 0.25) is 0 Å². The number of aliphatic hydroxyl groups is 1. The van der Waals surface area contributed by atoms with Gasteiger partial charge in [0.1, 0.15) is 12.4 Å². The van der Waals surface area contributed by atoms with Crippen molar-refractivity contribution in [2.75, 3.05) is 6.54 Å². The van der Waals surface area contributed by atoms with Crippen LogP contribution in [0.5, 0.6) is 5.75 Å². The molecule has 0 aliphatic heterocycles. The molecule has 2 aromatic rings. The van der Waals surface area contributed by atoms with E-state index in [0.29, 0.717) is 12.0 Å². The van der Waals surface area contributed by atoms with Gasteiger partial charge in [0.15, 0.2) is 6.10 Å². The van der Waals surface area contributed by atoms with E-state index in [1.807, 2.05) is 0 Å². The molecule has 1 aliphatic rings. The number of hydrogen-bond donors (Lipinski definition) is 2. The van der Waals surface area contributed by atoms with Crippen LogP contribution in [0.15, 0.2) is 48.5 Å². The van der Waals surface area contributed by atoms with Gasteiger partial charge in [-0.15, -0.1) is 0 Å². The summed E-state index contributed by atoms with van der Waals surface area (Å²) in [6.07, 6.45) is -16.4. The summed E-state index contributed by atoms with van der Waals surface area (Å²) in [5.41, 5.74) is -0.279. The topological polar surface area (TPSA) is 41.5 Å². The smallest absolute Gasteiger partial charge is 0.416 e. The summed E-state index contributed by atoms with van der Waals surface area (Å²) >= 11 is 0. The molecule has 1 aliphatic carbocycles. The zero-order chi connectivity index (χ0) is 27.4. The predicted molar refractivity (Wildman–Crippen MR) is 117 cm³/mol. The maximum atomic E-state index is 13.4. The van der Waals surface area contributed by atoms with Crippen molar-refractivity contribution in [1.82, 2.24) is 5.32 Å². The lowest BCUT2D eigenvalue weighted by Gasteiger charge is -2.36. The van der Waals surface area contributed by atoms with Gasteiger partial charge in [0, 0.05) is 12.6 Å². The lowest BCUT2D eigenvalue weighted by Crippen LogP contribution is -2.42. The van der Waals surface area contributed by atoms with Crippen LogP contribution >= 0.6 is 0 Å². The van der Waals surface area contributed by atoms with Crippen molar-refractivity contribution in [2.45, 2.75) is 63.0 Å². The molecule has 2 aromatic carbocycles. The first-order valence-electron chi connectivity index (χ1n) is 11.6. The molecule has 206 valence electrons. The second kappa shape index (κ2) is 11.5. The monoisotopic (exact) mass is 543 g/mol. The number of hydrogen-bond acceptors (Lipinski definition) is 3. The number of nitrogens with one attached hydrogen (secondary N) is 1. The van der Waals surface area contributed by atoms with Crippen LogP contribution in [0.3, 0.4) is 0 Å². The normalized spacial score (nSPS) is 20.9. The standard InChI is InChI=1S/C25H26F9NO2/c26-23(27,28)18-7-1-4-15(10-18)14-37-20-9-3-6-17(12-20)22(35-13-21(36)25(32,33)34)16-5-2-8-19(11-16)24(29,30)31/h1,3-4,6-7,9-10,12,16,19,21-22,35-36H,2,5,8,11,13-14H2. The lowest BCUT2D eigenvalue weighted by atomic mass is 9.75. The van der Waals surface area contributed by atoms with Crippen LogP contribution < -0.4 is 10.1 Å². The quantitative estimate of drug-likeness (QED) is 0.346. The van der Waals surface area contributed by atoms with E-state index in [2.05, 4.69) is 5.32 Å². The fourth-order valence-electron chi connectivity index (χ4n) is 4.54. The Kier molecular flexibility index (Phi) is 9.05. The average molecular weight is 543 g/mol. The molecule has 2 N–H and O–H groups in total. The second-order valence-electron chi connectivity index (χ2n) is 9.17. The van der Waals surface area contributed by atoms with E-state index in [1.165, 1.54) is 36.4 Å². The maximum absolute atomic E-state index is 13.4.